The normalized spacial score (nSPS) is 16.3. The minimum Gasteiger partial charge on any atom is -0.368 e. The number of amides is 1. The third-order valence-corrected chi connectivity index (χ3v) is 5.86. The zero-order chi connectivity index (χ0) is 16.5. The van der Waals surface area contributed by atoms with E-state index in [0.717, 1.165) is 54.8 Å². The molecule has 2 heterocycles. The lowest BCUT2D eigenvalue weighted by atomic mass is 9.94. The van der Waals surface area contributed by atoms with E-state index in [1.807, 2.05) is 0 Å². The number of nitrogens with zero attached hydrogens (tertiary/aromatic N) is 3. The molecule has 0 atom stereocenters. The fourth-order valence-electron chi connectivity index (χ4n) is 3.52. The lowest BCUT2D eigenvalue weighted by Gasteiger charge is -2.17. The molecule has 2 aromatic heterocycles. The smallest absolute Gasteiger partial charge is 0.270 e. The molecule has 1 amide bonds. The molecule has 2 aliphatic carbocycles. The summed E-state index contributed by atoms with van der Waals surface area (Å²) in [6.07, 6.45) is 8.54. The van der Waals surface area contributed by atoms with Gasteiger partial charge < -0.3 is 11.1 Å². The van der Waals surface area contributed by atoms with Gasteiger partial charge in [0.2, 0.25) is 5.95 Å². The molecule has 0 radical (unpaired) electrons. The van der Waals surface area contributed by atoms with Crippen LogP contribution in [0.25, 0.3) is 0 Å². The van der Waals surface area contributed by atoms with E-state index < -0.39 is 0 Å². The van der Waals surface area contributed by atoms with Gasteiger partial charge in [0, 0.05) is 16.1 Å². The highest BCUT2D eigenvalue weighted by Crippen LogP contribution is 2.27. The maximum atomic E-state index is 12.6. The standard InChI is InChI=1S/C17H21N5OS/c18-17-21-11-6-2-1-5-10(11)15(22-17)16(23)19-9-14-20-12-7-3-4-8-13(12)24-14/h1-9H2,(H,19,23)(H2,18,21,22). The molecule has 6 nitrogen and oxygen atoms in total. The summed E-state index contributed by atoms with van der Waals surface area (Å²) in [6, 6.07) is 0. The molecule has 0 unspecified atom stereocenters. The van der Waals surface area contributed by atoms with E-state index in [0.29, 0.717) is 12.2 Å². The van der Waals surface area contributed by atoms with Gasteiger partial charge in [-0.1, -0.05) is 0 Å². The summed E-state index contributed by atoms with van der Waals surface area (Å²) in [6.45, 7) is 0.454. The van der Waals surface area contributed by atoms with Crippen LogP contribution in [0.4, 0.5) is 5.95 Å². The maximum absolute atomic E-state index is 12.6. The van der Waals surface area contributed by atoms with Crippen molar-refractivity contribution in [2.45, 2.75) is 57.9 Å². The molecule has 7 heteroatoms. The van der Waals surface area contributed by atoms with Crippen LogP contribution in [0.5, 0.6) is 0 Å². The number of aromatic nitrogens is 3. The number of carbonyl (C=O) groups is 1. The summed E-state index contributed by atoms with van der Waals surface area (Å²) in [5.74, 6) is 0.0148. The van der Waals surface area contributed by atoms with Crippen LogP contribution in [0, 0.1) is 0 Å². The zero-order valence-electron chi connectivity index (χ0n) is 13.6. The molecule has 2 aromatic rings. The van der Waals surface area contributed by atoms with Crippen molar-refractivity contribution in [3.8, 4) is 0 Å². The number of nitrogens with two attached hydrogens (primary N) is 1. The van der Waals surface area contributed by atoms with Crippen molar-refractivity contribution in [2.75, 3.05) is 5.73 Å². The first kappa shape index (κ1) is 15.5. The molecule has 0 saturated carbocycles. The second-order valence-corrected chi connectivity index (χ2v) is 7.60. The van der Waals surface area contributed by atoms with Crippen molar-refractivity contribution >= 4 is 23.2 Å². The Hall–Kier alpha value is -2.02. The van der Waals surface area contributed by atoms with E-state index >= 15 is 0 Å². The fraction of sp³-hybridized carbons (Fsp3) is 0.529. The molecule has 2 aliphatic rings. The van der Waals surface area contributed by atoms with Gasteiger partial charge in [0.1, 0.15) is 10.7 Å². The van der Waals surface area contributed by atoms with E-state index in [1.54, 1.807) is 11.3 Å². The molecule has 126 valence electrons. The van der Waals surface area contributed by atoms with Gasteiger partial charge in [0.25, 0.3) is 5.91 Å². The molecule has 0 bridgehead atoms. The van der Waals surface area contributed by atoms with Crippen molar-refractivity contribution in [2.24, 2.45) is 0 Å². The SMILES string of the molecule is Nc1nc2c(c(C(=O)NCc3nc4c(s3)CCCC4)n1)CCCC2. The second kappa shape index (κ2) is 6.47. The van der Waals surface area contributed by atoms with Crippen LogP contribution < -0.4 is 11.1 Å². The number of aryl methyl sites for hydroxylation is 3. The monoisotopic (exact) mass is 343 g/mol. The van der Waals surface area contributed by atoms with Gasteiger partial charge in [-0.05, 0) is 51.4 Å². The summed E-state index contributed by atoms with van der Waals surface area (Å²) >= 11 is 1.72. The lowest BCUT2D eigenvalue weighted by molar-refractivity contribution is 0.0944. The van der Waals surface area contributed by atoms with Crippen molar-refractivity contribution < 1.29 is 4.79 Å². The molecule has 0 spiro atoms. The van der Waals surface area contributed by atoms with Gasteiger partial charge in [-0.3, -0.25) is 4.79 Å². The quantitative estimate of drug-likeness (QED) is 0.891. The Morgan fingerprint density at radius 3 is 2.58 bits per heavy atom. The minimum absolute atomic E-state index is 0.171. The van der Waals surface area contributed by atoms with Gasteiger partial charge >= 0.3 is 0 Å². The summed E-state index contributed by atoms with van der Waals surface area (Å²) in [5, 5.41) is 3.94. The number of hydrogen-bond acceptors (Lipinski definition) is 6. The Morgan fingerprint density at radius 1 is 1.00 bits per heavy atom. The number of fused-ring (bicyclic) bond motifs is 2. The van der Waals surface area contributed by atoms with Crippen molar-refractivity contribution in [1.29, 1.82) is 0 Å². The molecule has 0 aromatic carbocycles. The van der Waals surface area contributed by atoms with Crippen molar-refractivity contribution in [1.82, 2.24) is 20.3 Å². The summed E-state index contributed by atoms with van der Waals surface area (Å²) in [4.78, 5) is 27.2. The Kier molecular flexibility index (Phi) is 4.18. The van der Waals surface area contributed by atoms with Crippen molar-refractivity contribution in [3.05, 3.63) is 32.5 Å². The average Bonchev–Trinajstić information content (AvgIpc) is 3.02. The number of nitrogen functional groups attached to an aromatic ring is 1. The van der Waals surface area contributed by atoms with Crippen LogP contribution in [-0.2, 0) is 32.2 Å². The van der Waals surface area contributed by atoms with E-state index in [2.05, 4.69) is 20.3 Å². The molecule has 24 heavy (non-hydrogen) atoms. The van der Waals surface area contributed by atoms with E-state index in [4.69, 9.17) is 5.73 Å². The highest BCUT2D eigenvalue weighted by atomic mass is 32.1. The maximum Gasteiger partial charge on any atom is 0.270 e. The average molecular weight is 343 g/mol. The summed E-state index contributed by atoms with van der Waals surface area (Å²) < 4.78 is 0. The minimum atomic E-state index is -0.171. The van der Waals surface area contributed by atoms with Gasteiger partial charge in [-0.15, -0.1) is 11.3 Å². The number of hydrogen-bond donors (Lipinski definition) is 2. The fourth-order valence-corrected chi connectivity index (χ4v) is 4.62. The molecule has 0 fully saturated rings. The third-order valence-electron chi connectivity index (χ3n) is 4.71. The molecule has 4 rings (SSSR count). The van der Waals surface area contributed by atoms with E-state index in [1.165, 1.54) is 23.4 Å². The Morgan fingerprint density at radius 2 is 1.75 bits per heavy atom. The first-order valence-electron chi connectivity index (χ1n) is 8.61. The van der Waals surface area contributed by atoms with Crippen LogP contribution in [0.15, 0.2) is 0 Å². The highest BCUT2D eigenvalue weighted by Gasteiger charge is 2.22. The van der Waals surface area contributed by atoms with E-state index in [9.17, 15) is 4.79 Å². The molecular formula is C17H21N5OS. The van der Waals surface area contributed by atoms with Crippen LogP contribution >= 0.6 is 11.3 Å². The largest absolute Gasteiger partial charge is 0.368 e. The number of rotatable bonds is 3. The Labute approximate surface area is 144 Å². The van der Waals surface area contributed by atoms with Gasteiger partial charge in [-0.2, -0.15) is 0 Å². The number of anilines is 1. The first-order valence-corrected chi connectivity index (χ1v) is 9.43. The van der Waals surface area contributed by atoms with Crippen LogP contribution in [0.3, 0.4) is 0 Å². The van der Waals surface area contributed by atoms with Crippen LogP contribution in [0.1, 0.15) is 63.0 Å². The predicted molar refractivity (Wildman–Crippen MR) is 93.0 cm³/mol. The van der Waals surface area contributed by atoms with Gasteiger partial charge in [0.05, 0.1) is 12.2 Å². The molecule has 0 aliphatic heterocycles. The Bertz CT molecular complexity index is 762. The number of carbonyl (C=O) groups excluding carboxylic acids is 1. The zero-order valence-corrected chi connectivity index (χ0v) is 14.4. The summed E-state index contributed by atoms with van der Waals surface area (Å²) in [5.41, 5.74) is 9.34. The Balaban J connectivity index is 1.50. The third kappa shape index (κ3) is 3.00. The number of nitrogens with one attached hydrogen (secondary N) is 1. The molecule has 0 saturated heterocycles. The van der Waals surface area contributed by atoms with E-state index in [-0.39, 0.29) is 11.9 Å². The van der Waals surface area contributed by atoms with Crippen LogP contribution in [0.2, 0.25) is 0 Å². The van der Waals surface area contributed by atoms with Crippen LogP contribution in [-0.4, -0.2) is 20.9 Å². The summed E-state index contributed by atoms with van der Waals surface area (Å²) in [7, 11) is 0. The van der Waals surface area contributed by atoms with Gasteiger partial charge in [0.15, 0.2) is 0 Å². The highest BCUT2D eigenvalue weighted by molar-refractivity contribution is 7.11. The predicted octanol–water partition coefficient (Wildman–Crippen LogP) is 2.20. The topological polar surface area (TPSA) is 93.8 Å². The van der Waals surface area contributed by atoms with Crippen molar-refractivity contribution in [3.63, 3.8) is 0 Å². The van der Waals surface area contributed by atoms with Gasteiger partial charge in [-0.25, -0.2) is 15.0 Å². The molecule has 3 N–H and O–H groups in total. The second-order valence-electron chi connectivity index (χ2n) is 6.43. The lowest BCUT2D eigenvalue weighted by Crippen LogP contribution is -2.27. The molecular weight excluding hydrogens is 322 g/mol. The number of thiazole rings is 1. The first-order chi connectivity index (χ1) is 11.7.